The number of ether oxygens (including phenoxy) is 1. The summed E-state index contributed by atoms with van der Waals surface area (Å²) >= 11 is 1.54. The van der Waals surface area contributed by atoms with Gasteiger partial charge in [0, 0.05) is 23.2 Å². The number of hydrogen-bond donors (Lipinski definition) is 2. The van der Waals surface area contributed by atoms with Crippen LogP contribution < -0.4 is 15.4 Å². The van der Waals surface area contributed by atoms with E-state index in [2.05, 4.69) is 20.4 Å². The molecule has 2 aromatic heterocycles. The van der Waals surface area contributed by atoms with Crippen LogP contribution in [-0.2, 0) is 13.1 Å². The zero-order valence-corrected chi connectivity index (χ0v) is 13.6. The first-order chi connectivity index (χ1) is 11.3. The molecule has 2 amide bonds. The molecule has 0 aliphatic heterocycles. The minimum Gasteiger partial charge on any atom is -0.468 e. The van der Waals surface area contributed by atoms with Crippen LogP contribution in [0.2, 0.25) is 0 Å². The molecule has 2 N–H and O–H groups in total. The second-order valence-corrected chi connectivity index (χ2v) is 5.94. The van der Waals surface area contributed by atoms with Gasteiger partial charge in [0.25, 0.3) is 0 Å². The van der Waals surface area contributed by atoms with Crippen molar-refractivity contribution in [3.05, 3.63) is 45.8 Å². The van der Waals surface area contributed by atoms with Crippen molar-refractivity contribution in [1.82, 2.24) is 15.6 Å². The van der Waals surface area contributed by atoms with Crippen LogP contribution in [-0.4, -0.2) is 23.8 Å². The molecule has 0 spiro atoms. The van der Waals surface area contributed by atoms with E-state index >= 15 is 0 Å². The lowest BCUT2D eigenvalue weighted by molar-refractivity contribution is -0.154. The zero-order chi connectivity index (χ0) is 17.6. The molecule has 0 saturated heterocycles. The first-order valence-electron chi connectivity index (χ1n) is 7.03. The van der Waals surface area contributed by atoms with Crippen LogP contribution in [0.4, 0.5) is 18.0 Å². The number of carbonyl (C=O) groups is 1. The number of aromatic nitrogens is 1. The maximum absolute atomic E-state index is 12.2. The molecular formula is C15H16F3N3O2S. The lowest BCUT2D eigenvalue weighted by atomic mass is 10.2. The topological polar surface area (TPSA) is 63.2 Å². The molecular weight excluding hydrogens is 343 g/mol. The third kappa shape index (κ3) is 5.73. The highest BCUT2D eigenvalue weighted by Gasteiger charge is 2.29. The van der Waals surface area contributed by atoms with Crippen LogP contribution in [0.1, 0.15) is 16.0 Å². The quantitative estimate of drug-likeness (QED) is 0.831. The van der Waals surface area contributed by atoms with Gasteiger partial charge in [-0.05, 0) is 30.0 Å². The number of hydrogen-bond acceptors (Lipinski definition) is 4. The van der Waals surface area contributed by atoms with Crippen LogP contribution in [0.15, 0.2) is 29.8 Å². The van der Waals surface area contributed by atoms with Crippen LogP contribution in [0.25, 0.3) is 0 Å². The summed E-state index contributed by atoms with van der Waals surface area (Å²) in [6.07, 6.45) is -3.12. The minimum atomic E-state index is -4.45. The number of alkyl halides is 3. The molecule has 0 bridgehead atoms. The van der Waals surface area contributed by atoms with E-state index in [4.69, 9.17) is 0 Å². The zero-order valence-electron chi connectivity index (χ0n) is 12.8. The maximum atomic E-state index is 12.2. The number of nitrogens with one attached hydrogen (secondary N) is 2. The van der Waals surface area contributed by atoms with E-state index in [1.165, 1.54) is 17.5 Å². The van der Waals surface area contributed by atoms with Crippen molar-refractivity contribution in [2.45, 2.75) is 26.2 Å². The van der Waals surface area contributed by atoms with E-state index in [1.807, 2.05) is 18.4 Å². The summed E-state index contributed by atoms with van der Waals surface area (Å²) in [5, 5.41) is 7.20. The predicted octanol–water partition coefficient (Wildman–Crippen LogP) is 3.39. The Morgan fingerprint density at radius 2 is 2.04 bits per heavy atom. The highest BCUT2D eigenvalue weighted by Crippen LogP contribution is 2.20. The van der Waals surface area contributed by atoms with Crippen molar-refractivity contribution >= 4 is 17.4 Å². The van der Waals surface area contributed by atoms with Gasteiger partial charge in [-0.3, -0.25) is 0 Å². The SMILES string of the molecule is Cc1ccsc1CNC(=O)NCc1cccnc1OCC(F)(F)F. The molecule has 2 heterocycles. The minimum absolute atomic E-state index is 0.0102. The number of amides is 2. The van der Waals surface area contributed by atoms with Gasteiger partial charge in [0.05, 0.1) is 6.54 Å². The van der Waals surface area contributed by atoms with Gasteiger partial charge in [-0.15, -0.1) is 11.3 Å². The van der Waals surface area contributed by atoms with E-state index in [1.54, 1.807) is 12.1 Å². The number of nitrogens with zero attached hydrogens (tertiary/aromatic N) is 1. The Morgan fingerprint density at radius 1 is 1.29 bits per heavy atom. The van der Waals surface area contributed by atoms with Gasteiger partial charge >= 0.3 is 12.2 Å². The van der Waals surface area contributed by atoms with Crippen molar-refractivity contribution in [3.8, 4) is 5.88 Å². The predicted molar refractivity (Wildman–Crippen MR) is 83.9 cm³/mol. The van der Waals surface area contributed by atoms with Gasteiger partial charge in [0.1, 0.15) is 0 Å². The molecule has 130 valence electrons. The number of carbonyl (C=O) groups excluding carboxylic acids is 1. The summed E-state index contributed by atoms with van der Waals surface area (Å²) < 4.78 is 41.3. The summed E-state index contributed by atoms with van der Waals surface area (Å²) in [4.78, 5) is 16.6. The second-order valence-electron chi connectivity index (χ2n) is 4.93. The van der Waals surface area contributed by atoms with Crippen LogP contribution in [0.3, 0.4) is 0 Å². The van der Waals surface area contributed by atoms with Crippen LogP contribution in [0, 0.1) is 6.92 Å². The van der Waals surface area contributed by atoms with E-state index in [0.717, 1.165) is 10.4 Å². The third-order valence-corrected chi connectivity index (χ3v) is 4.06. The molecule has 5 nitrogen and oxygen atoms in total. The Labute approximate surface area is 140 Å². The lowest BCUT2D eigenvalue weighted by Crippen LogP contribution is -2.34. The Balaban J connectivity index is 1.85. The van der Waals surface area contributed by atoms with Gasteiger partial charge in [0.2, 0.25) is 5.88 Å². The summed E-state index contributed by atoms with van der Waals surface area (Å²) in [6.45, 7) is 0.919. The highest BCUT2D eigenvalue weighted by atomic mass is 32.1. The number of pyridine rings is 1. The summed E-state index contributed by atoms with van der Waals surface area (Å²) in [5.41, 5.74) is 1.46. The van der Waals surface area contributed by atoms with Crippen LogP contribution in [0.5, 0.6) is 5.88 Å². The molecule has 2 rings (SSSR count). The molecule has 0 aliphatic carbocycles. The number of halogens is 3. The van der Waals surface area contributed by atoms with Gasteiger partial charge in [0.15, 0.2) is 6.61 Å². The molecule has 0 fully saturated rings. The van der Waals surface area contributed by atoms with E-state index in [-0.39, 0.29) is 12.4 Å². The van der Waals surface area contributed by atoms with Gasteiger partial charge in [-0.25, -0.2) is 9.78 Å². The Bertz CT molecular complexity index is 689. The third-order valence-electron chi connectivity index (χ3n) is 3.04. The molecule has 0 aromatic carbocycles. The molecule has 0 aliphatic rings. The Hall–Kier alpha value is -2.29. The summed E-state index contributed by atoms with van der Waals surface area (Å²) in [7, 11) is 0. The average molecular weight is 359 g/mol. The fourth-order valence-corrected chi connectivity index (χ4v) is 2.67. The van der Waals surface area contributed by atoms with Gasteiger partial charge in [-0.1, -0.05) is 6.07 Å². The first kappa shape index (κ1) is 18.1. The molecule has 2 aromatic rings. The molecule has 9 heteroatoms. The van der Waals surface area contributed by atoms with Crippen molar-refractivity contribution in [3.63, 3.8) is 0 Å². The summed E-state index contributed by atoms with van der Waals surface area (Å²) in [5.74, 6) is -0.149. The molecule has 0 saturated carbocycles. The number of urea groups is 1. The molecule has 24 heavy (non-hydrogen) atoms. The monoisotopic (exact) mass is 359 g/mol. The van der Waals surface area contributed by atoms with Crippen molar-refractivity contribution in [2.75, 3.05) is 6.61 Å². The standard InChI is InChI=1S/C15H16F3N3O2S/c1-10-4-6-24-12(10)8-21-14(22)20-7-11-3-2-5-19-13(11)23-9-15(16,17)18/h2-6H,7-9H2,1H3,(H2,20,21,22). The average Bonchev–Trinajstić information content (AvgIpc) is 2.94. The highest BCUT2D eigenvalue weighted by molar-refractivity contribution is 7.10. The second kappa shape index (κ2) is 8.00. The Morgan fingerprint density at radius 3 is 2.71 bits per heavy atom. The number of rotatable bonds is 6. The van der Waals surface area contributed by atoms with E-state index < -0.39 is 18.8 Å². The number of aryl methyl sites for hydroxylation is 1. The largest absolute Gasteiger partial charge is 0.468 e. The number of thiophene rings is 1. The molecule has 0 unspecified atom stereocenters. The smallest absolute Gasteiger partial charge is 0.422 e. The fourth-order valence-electron chi connectivity index (χ4n) is 1.82. The first-order valence-corrected chi connectivity index (χ1v) is 7.91. The van der Waals surface area contributed by atoms with Gasteiger partial charge in [-0.2, -0.15) is 13.2 Å². The molecule has 0 radical (unpaired) electrons. The van der Waals surface area contributed by atoms with Crippen molar-refractivity contribution in [2.24, 2.45) is 0 Å². The Kier molecular flexibility index (Phi) is 6.02. The van der Waals surface area contributed by atoms with E-state index in [9.17, 15) is 18.0 Å². The normalized spacial score (nSPS) is 11.2. The van der Waals surface area contributed by atoms with Crippen molar-refractivity contribution in [1.29, 1.82) is 0 Å². The van der Waals surface area contributed by atoms with Crippen molar-refractivity contribution < 1.29 is 22.7 Å². The van der Waals surface area contributed by atoms with Gasteiger partial charge < -0.3 is 15.4 Å². The van der Waals surface area contributed by atoms with E-state index in [0.29, 0.717) is 12.1 Å². The fraction of sp³-hybridized carbons (Fsp3) is 0.333. The molecule has 0 atom stereocenters. The maximum Gasteiger partial charge on any atom is 0.422 e. The van der Waals surface area contributed by atoms with Crippen LogP contribution >= 0.6 is 11.3 Å². The summed E-state index contributed by atoms with van der Waals surface area (Å²) in [6, 6.07) is 4.64. The lowest BCUT2D eigenvalue weighted by Gasteiger charge is -2.12.